The molecule has 1 heterocycles. The fourth-order valence-electron chi connectivity index (χ4n) is 2.24. The van der Waals surface area contributed by atoms with Gasteiger partial charge in [-0.1, -0.05) is 19.9 Å². The van der Waals surface area contributed by atoms with Crippen LogP contribution in [0.3, 0.4) is 0 Å². The lowest BCUT2D eigenvalue weighted by Gasteiger charge is -2.32. The molecule has 1 saturated heterocycles. The molecule has 0 aromatic heterocycles. The number of anilines is 1. The van der Waals surface area contributed by atoms with Crippen molar-refractivity contribution in [3.63, 3.8) is 0 Å². The highest BCUT2D eigenvalue weighted by molar-refractivity contribution is 5.92. The van der Waals surface area contributed by atoms with E-state index in [9.17, 15) is 9.59 Å². The number of piperazine rings is 1. The fraction of sp³-hybridized carbons (Fsp3) is 0.529. The second-order valence-corrected chi connectivity index (χ2v) is 6.14. The Morgan fingerprint density at radius 2 is 1.91 bits per heavy atom. The number of carbonyl (C=O) groups is 2. The van der Waals surface area contributed by atoms with E-state index in [-0.39, 0.29) is 24.3 Å². The quantitative estimate of drug-likeness (QED) is 0.892. The highest BCUT2D eigenvalue weighted by Crippen LogP contribution is 2.18. The van der Waals surface area contributed by atoms with Crippen LogP contribution in [-0.2, 0) is 9.59 Å². The van der Waals surface area contributed by atoms with Crippen molar-refractivity contribution in [1.29, 1.82) is 0 Å². The second kappa shape index (κ2) is 7.97. The molecule has 1 fully saturated rings. The van der Waals surface area contributed by atoms with Crippen LogP contribution in [0.2, 0.25) is 0 Å². The number of amides is 2. The number of rotatable bonds is 5. The summed E-state index contributed by atoms with van der Waals surface area (Å²) >= 11 is 0. The number of hydrogen-bond donors (Lipinski definition) is 1. The van der Waals surface area contributed by atoms with Crippen LogP contribution in [0.1, 0.15) is 13.8 Å². The summed E-state index contributed by atoms with van der Waals surface area (Å²) < 4.78 is 5.57. The Hall–Kier alpha value is -2.08. The summed E-state index contributed by atoms with van der Waals surface area (Å²) in [6, 6.07) is 7.11. The average molecular weight is 319 g/mol. The molecule has 0 spiro atoms. The van der Waals surface area contributed by atoms with Crippen molar-refractivity contribution >= 4 is 17.5 Å². The molecule has 1 aromatic carbocycles. The number of benzene rings is 1. The van der Waals surface area contributed by atoms with Crippen molar-refractivity contribution < 1.29 is 14.3 Å². The first-order valence-electron chi connectivity index (χ1n) is 7.96. The van der Waals surface area contributed by atoms with Crippen LogP contribution in [0.15, 0.2) is 24.3 Å². The maximum absolute atomic E-state index is 12.1. The molecule has 2 amide bonds. The van der Waals surface area contributed by atoms with E-state index < -0.39 is 0 Å². The molecule has 23 heavy (non-hydrogen) atoms. The molecular formula is C17H25N3O3. The number of ether oxygens (including phenoxy) is 1. The fourth-order valence-corrected chi connectivity index (χ4v) is 2.24. The van der Waals surface area contributed by atoms with E-state index in [1.165, 1.54) is 0 Å². The molecule has 2 rings (SSSR count). The normalized spacial score (nSPS) is 15.6. The van der Waals surface area contributed by atoms with Gasteiger partial charge in [0, 0.05) is 43.9 Å². The Bertz CT molecular complexity index is 552. The minimum Gasteiger partial charge on any atom is -0.484 e. The smallest absolute Gasteiger partial charge is 0.260 e. The summed E-state index contributed by atoms with van der Waals surface area (Å²) in [5.41, 5.74) is 0.674. The number of nitrogens with zero attached hydrogens (tertiary/aromatic N) is 2. The third-order valence-corrected chi connectivity index (χ3v) is 3.84. The molecule has 0 aliphatic carbocycles. The number of nitrogens with one attached hydrogen (secondary N) is 1. The van der Waals surface area contributed by atoms with Crippen LogP contribution >= 0.6 is 0 Å². The van der Waals surface area contributed by atoms with Crippen molar-refractivity contribution in [3.05, 3.63) is 24.3 Å². The van der Waals surface area contributed by atoms with Crippen LogP contribution in [0.4, 0.5) is 5.69 Å². The minimum absolute atomic E-state index is 0.00489. The van der Waals surface area contributed by atoms with Gasteiger partial charge in [0.1, 0.15) is 5.75 Å². The Morgan fingerprint density at radius 1 is 1.22 bits per heavy atom. The topological polar surface area (TPSA) is 61.9 Å². The zero-order valence-corrected chi connectivity index (χ0v) is 14.0. The number of likely N-dealkylation sites (N-methyl/N-ethyl adjacent to an activating group) is 1. The summed E-state index contributed by atoms with van der Waals surface area (Å²) in [4.78, 5) is 27.9. The molecule has 1 N–H and O–H groups in total. The van der Waals surface area contributed by atoms with E-state index in [0.717, 1.165) is 26.2 Å². The van der Waals surface area contributed by atoms with Crippen molar-refractivity contribution in [2.75, 3.05) is 45.2 Å². The molecule has 0 bridgehead atoms. The van der Waals surface area contributed by atoms with Gasteiger partial charge in [-0.05, 0) is 19.2 Å². The summed E-state index contributed by atoms with van der Waals surface area (Å²) in [6.07, 6.45) is 0. The number of hydrogen-bond acceptors (Lipinski definition) is 4. The van der Waals surface area contributed by atoms with Crippen LogP contribution in [0.5, 0.6) is 5.75 Å². The highest BCUT2D eigenvalue weighted by atomic mass is 16.5. The van der Waals surface area contributed by atoms with Gasteiger partial charge >= 0.3 is 0 Å². The molecule has 6 nitrogen and oxygen atoms in total. The van der Waals surface area contributed by atoms with E-state index in [1.54, 1.807) is 24.3 Å². The Labute approximate surface area is 137 Å². The lowest BCUT2D eigenvalue weighted by molar-refractivity contribution is -0.134. The Kier molecular flexibility index (Phi) is 5.98. The molecule has 126 valence electrons. The molecule has 0 radical (unpaired) electrons. The monoisotopic (exact) mass is 319 g/mol. The lowest BCUT2D eigenvalue weighted by atomic mass is 10.2. The first kappa shape index (κ1) is 17.3. The van der Waals surface area contributed by atoms with Gasteiger partial charge in [-0.25, -0.2) is 0 Å². The van der Waals surface area contributed by atoms with Crippen molar-refractivity contribution in [2.24, 2.45) is 5.92 Å². The molecule has 1 aliphatic heterocycles. The molecule has 1 aromatic rings. The third-order valence-electron chi connectivity index (χ3n) is 3.84. The maximum Gasteiger partial charge on any atom is 0.260 e. The van der Waals surface area contributed by atoms with Crippen molar-refractivity contribution in [2.45, 2.75) is 13.8 Å². The van der Waals surface area contributed by atoms with Gasteiger partial charge in [0.2, 0.25) is 5.91 Å². The van der Waals surface area contributed by atoms with E-state index >= 15 is 0 Å². The van der Waals surface area contributed by atoms with Crippen LogP contribution in [0, 0.1) is 5.92 Å². The van der Waals surface area contributed by atoms with Gasteiger partial charge in [-0.3, -0.25) is 9.59 Å². The van der Waals surface area contributed by atoms with Crippen molar-refractivity contribution in [1.82, 2.24) is 9.80 Å². The van der Waals surface area contributed by atoms with Gasteiger partial charge in [0.25, 0.3) is 5.91 Å². The minimum atomic E-state index is -0.0848. The van der Waals surface area contributed by atoms with E-state index in [2.05, 4.69) is 17.3 Å². The van der Waals surface area contributed by atoms with E-state index in [1.807, 2.05) is 18.7 Å². The van der Waals surface area contributed by atoms with Crippen LogP contribution < -0.4 is 10.1 Å². The molecule has 0 saturated carbocycles. The van der Waals surface area contributed by atoms with Gasteiger partial charge < -0.3 is 19.9 Å². The SMILES string of the molecule is CC(C)C(=O)Nc1cccc(OCC(=O)N2CCN(C)CC2)c1. The molecule has 0 unspecified atom stereocenters. The largest absolute Gasteiger partial charge is 0.484 e. The summed E-state index contributed by atoms with van der Waals surface area (Å²) in [6.45, 7) is 6.96. The predicted octanol–water partition coefficient (Wildman–Crippen LogP) is 1.43. The van der Waals surface area contributed by atoms with Crippen LogP contribution in [-0.4, -0.2) is 61.4 Å². The first-order valence-corrected chi connectivity index (χ1v) is 7.96. The lowest BCUT2D eigenvalue weighted by Crippen LogP contribution is -2.48. The van der Waals surface area contributed by atoms with E-state index in [0.29, 0.717) is 11.4 Å². The summed E-state index contributed by atoms with van der Waals surface area (Å²) in [5, 5.41) is 2.82. The van der Waals surface area contributed by atoms with Gasteiger partial charge in [0.05, 0.1) is 0 Å². The van der Waals surface area contributed by atoms with E-state index in [4.69, 9.17) is 4.74 Å². The zero-order chi connectivity index (χ0) is 16.8. The van der Waals surface area contributed by atoms with Gasteiger partial charge in [0.15, 0.2) is 6.61 Å². The molecule has 1 aliphatic rings. The second-order valence-electron chi connectivity index (χ2n) is 6.14. The molecule has 0 atom stereocenters. The number of carbonyl (C=O) groups excluding carboxylic acids is 2. The Morgan fingerprint density at radius 3 is 2.57 bits per heavy atom. The summed E-state index contributed by atoms with van der Waals surface area (Å²) in [7, 11) is 2.05. The third kappa shape index (κ3) is 5.25. The zero-order valence-electron chi connectivity index (χ0n) is 14.0. The van der Waals surface area contributed by atoms with Crippen molar-refractivity contribution in [3.8, 4) is 5.75 Å². The highest BCUT2D eigenvalue weighted by Gasteiger charge is 2.19. The maximum atomic E-state index is 12.1. The standard InChI is InChI=1S/C17H25N3O3/c1-13(2)17(22)18-14-5-4-6-15(11-14)23-12-16(21)20-9-7-19(3)8-10-20/h4-6,11,13H,7-10,12H2,1-3H3,(H,18,22). The molecule has 6 heteroatoms. The Balaban J connectivity index is 1.85. The predicted molar refractivity (Wildman–Crippen MR) is 89.5 cm³/mol. The van der Waals surface area contributed by atoms with Gasteiger partial charge in [-0.15, -0.1) is 0 Å². The first-order chi connectivity index (χ1) is 11.0. The summed E-state index contributed by atoms with van der Waals surface area (Å²) in [5.74, 6) is 0.442. The van der Waals surface area contributed by atoms with Gasteiger partial charge in [-0.2, -0.15) is 0 Å². The van der Waals surface area contributed by atoms with Crippen LogP contribution in [0.25, 0.3) is 0 Å². The average Bonchev–Trinajstić information content (AvgIpc) is 2.53. The molecular weight excluding hydrogens is 294 g/mol.